The Morgan fingerprint density at radius 1 is 1.38 bits per heavy atom. The second kappa shape index (κ2) is 9.09. The fourth-order valence-electron chi connectivity index (χ4n) is 3.32. The Morgan fingerprint density at radius 2 is 2.28 bits per heavy atom. The summed E-state index contributed by atoms with van der Waals surface area (Å²) in [6.07, 6.45) is 4.07. The number of halogens is 1. The Labute approximate surface area is 182 Å². The average Bonchev–Trinajstić information content (AvgIpc) is 3.48. The summed E-state index contributed by atoms with van der Waals surface area (Å²) >= 11 is 9.20. The topological polar surface area (TPSA) is 49.1 Å². The van der Waals surface area contributed by atoms with Crippen molar-refractivity contribution in [2.24, 2.45) is 5.10 Å². The van der Waals surface area contributed by atoms with Crippen molar-refractivity contribution in [1.29, 1.82) is 0 Å². The Bertz CT molecular complexity index is 995. The van der Waals surface area contributed by atoms with Crippen molar-refractivity contribution < 1.29 is 9.21 Å². The van der Waals surface area contributed by atoms with Crippen molar-refractivity contribution in [3.8, 4) is 0 Å². The van der Waals surface area contributed by atoms with Crippen LogP contribution in [-0.2, 0) is 11.3 Å². The highest BCUT2D eigenvalue weighted by molar-refractivity contribution is 7.16. The summed E-state index contributed by atoms with van der Waals surface area (Å²) < 4.78 is 6.35. The van der Waals surface area contributed by atoms with Crippen LogP contribution in [0, 0.1) is 0 Å². The highest BCUT2D eigenvalue weighted by atomic mass is 35.5. The summed E-state index contributed by atoms with van der Waals surface area (Å²) in [6.45, 7) is 5.29. The lowest BCUT2D eigenvalue weighted by atomic mass is 10.1. The number of carbonyl (C=O) groups is 1. The molecule has 0 aliphatic carbocycles. The van der Waals surface area contributed by atoms with E-state index in [1.165, 1.54) is 11.3 Å². The van der Waals surface area contributed by atoms with Gasteiger partial charge in [0.2, 0.25) is 0 Å². The molecule has 0 saturated carbocycles. The van der Waals surface area contributed by atoms with Gasteiger partial charge in [-0.3, -0.25) is 9.69 Å². The van der Waals surface area contributed by atoms with E-state index in [2.05, 4.69) is 11.7 Å². The molecule has 4 rings (SSSR count). The molecule has 1 aliphatic rings. The van der Waals surface area contributed by atoms with Gasteiger partial charge in [0.15, 0.2) is 0 Å². The summed E-state index contributed by atoms with van der Waals surface area (Å²) in [6, 6.07) is 11.4. The third kappa shape index (κ3) is 4.70. The predicted octanol–water partition coefficient (Wildman–Crippen LogP) is 5.42. The standard InChI is InChI=1S/C21H20ClN3O2S2/c1-2-9-24(13-15-7-8-20(22)29-15)14-21(26)25-17(18-5-3-10-27-18)12-16(23-25)19-6-4-11-28-19/h2-8,10-11,17H,1,9,12-14H2. The number of carbonyl (C=O) groups excluding carboxylic acids is 1. The van der Waals surface area contributed by atoms with E-state index < -0.39 is 0 Å². The molecule has 8 heteroatoms. The maximum absolute atomic E-state index is 13.2. The van der Waals surface area contributed by atoms with Crippen LogP contribution in [0.5, 0.6) is 0 Å². The maximum Gasteiger partial charge on any atom is 0.257 e. The highest BCUT2D eigenvalue weighted by Crippen LogP contribution is 2.34. The van der Waals surface area contributed by atoms with Gasteiger partial charge in [0.25, 0.3) is 5.91 Å². The largest absolute Gasteiger partial charge is 0.467 e. The van der Waals surface area contributed by atoms with Crippen LogP contribution in [0.15, 0.2) is 70.2 Å². The number of thiophene rings is 2. The van der Waals surface area contributed by atoms with E-state index in [1.54, 1.807) is 28.7 Å². The fraction of sp³-hybridized carbons (Fsp3) is 0.238. The predicted molar refractivity (Wildman–Crippen MR) is 119 cm³/mol. The third-order valence-electron chi connectivity index (χ3n) is 4.60. The zero-order valence-corrected chi connectivity index (χ0v) is 18.1. The molecule has 5 nitrogen and oxygen atoms in total. The summed E-state index contributed by atoms with van der Waals surface area (Å²) in [5.74, 6) is 0.677. The van der Waals surface area contributed by atoms with Gasteiger partial charge >= 0.3 is 0 Å². The van der Waals surface area contributed by atoms with Crippen LogP contribution in [0.25, 0.3) is 0 Å². The number of hydrogen-bond acceptors (Lipinski definition) is 6. The molecule has 29 heavy (non-hydrogen) atoms. The monoisotopic (exact) mass is 445 g/mol. The van der Waals surface area contributed by atoms with Crippen molar-refractivity contribution in [3.63, 3.8) is 0 Å². The lowest BCUT2D eigenvalue weighted by Crippen LogP contribution is -2.37. The molecule has 1 amide bonds. The van der Waals surface area contributed by atoms with Crippen molar-refractivity contribution >= 4 is 45.9 Å². The Balaban J connectivity index is 1.53. The SMILES string of the molecule is C=CCN(CC(=O)N1N=C(c2cccs2)CC1c1ccco1)Cc1ccc(Cl)s1. The Morgan fingerprint density at radius 3 is 2.93 bits per heavy atom. The minimum absolute atomic E-state index is 0.0672. The van der Waals surface area contributed by atoms with E-state index in [0.717, 1.165) is 25.6 Å². The molecule has 0 bridgehead atoms. The van der Waals surface area contributed by atoms with Gasteiger partial charge in [-0.05, 0) is 35.7 Å². The molecule has 4 heterocycles. The first kappa shape index (κ1) is 20.1. The maximum atomic E-state index is 13.2. The first-order chi connectivity index (χ1) is 14.1. The number of hydrogen-bond donors (Lipinski definition) is 0. The normalized spacial score (nSPS) is 16.4. The van der Waals surface area contributed by atoms with Gasteiger partial charge in [-0.1, -0.05) is 23.7 Å². The Kier molecular flexibility index (Phi) is 6.30. The molecule has 1 unspecified atom stereocenters. The lowest BCUT2D eigenvalue weighted by Gasteiger charge is -2.24. The summed E-state index contributed by atoms with van der Waals surface area (Å²) in [5, 5.41) is 8.26. The number of hydrazone groups is 1. The molecule has 0 aromatic carbocycles. The van der Waals surface area contributed by atoms with Gasteiger partial charge in [0, 0.05) is 24.4 Å². The van der Waals surface area contributed by atoms with E-state index in [0.29, 0.717) is 19.5 Å². The van der Waals surface area contributed by atoms with E-state index in [1.807, 2.05) is 46.7 Å². The van der Waals surface area contributed by atoms with E-state index in [4.69, 9.17) is 16.0 Å². The number of nitrogens with zero attached hydrogens (tertiary/aromatic N) is 3. The zero-order valence-electron chi connectivity index (χ0n) is 15.7. The van der Waals surface area contributed by atoms with E-state index in [-0.39, 0.29) is 18.5 Å². The second-order valence-corrected chi connectivity index (χ2v) is 9.41. The number of amides is 1. The van der Waals surface area contributed by atoms with Crippen molar-refractivity contribution in [2.45, 2.75) is 19.0 Å². The van der Waals surface area contributed by atoms with Gasteiger partial charge in [-0.25, -0.2) is 5.01 Å². The smallest absolute Gasteiger partial charge is 0.257 e. The molecule has 1 aliphatic heterocycles. The van der Waals surface area contributed by atoms with Crippen LogP contribution in [0.4, 0.5) is 0 Å². The van der Waals surface area contributed by atoms with E-state index in [9.17, 15) is 4.79 Å². The van der Waals surface area contributed by atoms with Crippen molar-refractivity contribution in [1.82, 2.24) is 9.91 Å². The molecule has 0 spiro atoms. The zero-order chi connectivity index (χ0) is 20.2. The summed E-state index contributed by atoms with van der Waals surface area (Å²) in [5.41, 5.74) is 0.912. The lowest BCUT2D eigenvalue weighted by molar-refractivity contribution is -0.134. The molecule has 0 saturated heterocycles. The molecule has 0 N–H and O–H groups in total. The minimum atomic E-state index is -0.226. The van der Waals surface area contributed by atoms with Gasteiger partial charge < -0.3 is 4.42 Å². The first-order valence-electron chi connectivity index (χ1n) is 9.18. The number of furan rings is 1. The molecule has 0 fully saturated rings. The molecule has 3 aromatic rings. The molecular formula is C21H20ClN3O2S2. The molecule has 3 aromatic heterocycles. The van der Waals surface area contributed by atoms with Crippen LogP contribution in [0.3, 0.4) is 0 Å². The van der Waals surface area contributed by atoms with Crippen LogP contribution in [0.2, 0.25) is 4.34 Å². The quantitative estimate of drug-likeness (QED) is 0.435. The fourth-order valence-corrected chi connectivity index (χ4v) is 5.17. The van der Waals surface area contributed by atoms with Gasteiger partial charge in [0.05, 0.1) is 27.7 Å². The van der Waals surface area contributed by atoms with Gasteiger partial charge in [-0.15, -0.1) is 29.3 Å². The molecule has 150 valence electrons. The van der Waals surface area contributed by atoms with E-state index >= 15 is 0 Å². The van der Waals surface area contributed by atoms with Crippen molar-refractivity contribution in [3.05, 3.63) is 80.5 Å². The molecule has 1 atom stereocenters. The first-order valence-corrected chi connectivity index (χ1v) is 11.3. The molecular weight excluding hydrogens is 426 g/mol. The van der Waals surface area contributed by atoms with Gasteiger partial charge in [-0.2, -0.15) is 5.10 Å². The third-order valence-corrected chi connectivity index (χ3v) is 6.73. The highest BCUT2D eigenvalue weighted by Gasteiger charge is 2.35. The van der Waals surface area contributed by atoms with Crippen LogP contribution in [-0.4, -0.2) is 34.6 Å². The minimum Gasteiger partial charge on any atom is -0.467 e. The Hall–Kier alpha value is -2.19. The summed E-state index contributed by atoms with van der Waals surface area (Å²) in [7, 11) is 0. The van der Waals surface area contributed by atoms with Gasteiger partial charge in [0.1, 0.15) is 11.8 Å². The summed E-state index contributed by atoms with van der Waals surface area (Å²) in [4.78, 5) is 17.5. The van der Waals surface area contributed by atoms with Crippen LogP contribution in [0.1, 0.15) is 28.0 Å². The van der Waals surface area contributed by atoms with Crippen LogP contribution >= 0.6 is 34.3 Å². The van der Waals surface area contributed by atoms with Crippen LogP contribution < -0.4 is 0 Å². The van der Waals surface area contributed by atoms with Crippen molar-refractivity contribution in [2.75, 3.05) is 13.1 Å². The second-order valence-electron chi connectivity index (χ2n) is 6.66. The number of rotatable bonds is 8. The molecule has 0 radical (unpaired) electrons. The average molecular weight is 446 g/mol.